The maximum atomic E-state index is 5.53. The standard InChI is InChI=1S/C13H17N3OS/c1-8-6-10(17-3)7-9(2)12(8)13-16-15-11(18-13)4-5-14/h6-7H,4-5,14H2,1-3H3. The zero-order valence-corrected chi connectivity index (χ0v) is 11.7. The van der Waals surface area contributed by atoms with Crippen molar-refractivity contribution in [1.29, 1.82) is 0 Å². The lowest BCUT2D eigenvalue weighted by Crippen LogP contribution is -2.01. The highest BCUT2D eigenvalue weighted by atomic mass is 32.1. The summed E-state index contributed by atoms with van der Waals surface area (Å²) in [5.74, 6) is 0.875. The number of hydrogen-bond donors (Lipinski definition) is 1. The first-order valence-electron chi connectivity index (χ1n) is 5.83. The fraction of sp³-hybridized carbons (Fsp3) is 0.385. The number of hydrogen-bond acceptors (Lipinski definition) is 5. The van der Waals surface area contributed by atoms with Gasteiger partial charge in [-0.05, 0) is 43.7 Å². The molecule has 0 radical (unpaired) electrons. The van der Waals surface area contributed by atoms with Crippen molar-refractivity contribution in [1.82, 2.24) is 10.2 Å². The summed E-state index contributed by atoms with van der Waals surface area (Å²) in [5, 5.41) is 10.4. The molecule has 0 spiro atoms. The number of nitrogens with zero attached hydrogens (tertiary/aromatic N) is 2. The minimum atomic E-state index is 0.606. The molecule has 4 nitrogen and oxygen atoms in total. The van der Waals surface area contributed by atoms with Crippen LogP contribution >= 0.6 is 11.3 Å². The van der Waals surface area contributed by atoms with E-state index >= 15 is 0 Å². The third-order valence-electron chi connectivity index (χ3n) is 2.78. The lowest BCUT2D eigenvalue weighted by Gasteiger charge is -2.09. The Balaban J connectivity index is 2.43. The van der Waals surface area contributed by atoms with Gasteiger partial charge in [-0.1, -0.05) is 11.3 Å². The normalized spacial score (nSPS) is 10.7. The SMILES string of the molecule is COc1cc(C)c(-c2nnc(CCN)s2)c(C)c1. The van der Waals surface area contributed by atoms with Gasteiger partial charge in [0.1, 0.15) is 15.8 Å². The number of ether oxygens (including phenoxy) is 1. The lowest BCUT2D eigenvalue weighted by atomic mass is 10.0. The molecule has 0 atom stereocenters. The van der Waals surface area contributed by atoms with E-state index in [9.17, 15) is 0 Å². The Labute approximate surface area is 111 Å². The van der Waals surface area contributed by atoms with Crippen molar-refractivity contribution in [3.8, 4) is 16.3 Å². The molecule has 1 aromatic heterocycles. The smallest absolute Gasteiger partial charge is 0.148 e. The van der Waals surface area contributed by atoms with Crippen molar-refractivity contribution in [2.24, 2.45) is 5.73 Å². The molecule has 0 amide bonds. The second kappa shape index (κ2) is 5.46. The van der Waals surface area contributed by atoms with Gasteiger partial charge < -0.3 is 10.5 Å². The Bertz CT molecular complexity index is 528. The van der Waals surface area contributed by atoms with Crippen LogP contribution < -0.4 is 10.5 Å². The predicted octanol–water partition coefficient (Wildman–Crippen LogP) is 2.33. The largest absolute Gasteiger partial charge is 0.497 e. The summed E-state index contributed by atoms with van der Waals surface area (Å²) in [6, 6.07) is 4.04. The quantitative estimate of drug-likeness (QED) is 0.919. The number of methoxy groups -OCH3 is 1. The first-order chi connectivity index (χ1) is 8.65. The minimum absolute atomic E-state index is 0.606. The molecule has 0 aliphatic heterocycles. The van der Waals surface area contributed by atoms with E-state index in [4.69, 9.17) is 10.5 Å². The van der Waals surface area contributed by atoms with Crippen LogP contribution in [0.15, 0.2) is 12.1 Å². The Morgan fingerprint density at radius 1 is 1.22 bits per heavy atom. The fourth-order valence-electron chi connectivity index (χ4n) is 1.96. The molecule has 2 N–H and O–H groups in total. The highest BCUT2D eigenvalue weighted by molar-refractivity contribution is 7.14. The molecule has 2 rings (SSSR count). The third-order valence-corrected chi connectivity index (χ3v) is 3.78. The monoisotopic (exact) mass is 263 g/mol. The molecule has 1 heterocycles. The van der Waals surface area contributed by atoms with Crippen molar-refractivity contribution in [3.63, 3.8) is 0 Å². The molecule has 0 saturated heterocycles. The number of nitrogens with two attached hydrogens (primary N) is 1. The number of benzene rings is 1. The van der Waals surface area contributed by atoms with Crippen molar-refractivity contribution >= 4 is 11.3 Å². The topological polar surface area (TPSA) is 61.0 Å². The first kappa shape index (κ1) is 13.0. The summed E-state index contributed by atoms with van der Waals surface area (Å²) in [5.41, 5.74) is 8.99. The Morgan fingerprint density at radius 2 is 1.89 bits per heavy atom. The highest BCUT2D eigenvalue weighted by Crippen LogP contribution is 2.32. The molecule has 0 fully saturated rings. The second-order valence-corrected chi connectivity index (χ2v) is 5.24. The molecule has 1 aromatic carbocycles. The third kappa shape index (κ3) is 2.52. The van der Waals surface area contributed by atoms with E-state index < -0.39 is 0 Å². The minimum Gasteiger partial charge on any atom is -0.497 e. The highest BCUT2D eigenvalue weighted by Gasteiger charge is 2.12. The van der Waals surface area contributed by atoms with E-state index in [1.807, 2.05) is 12.1 Å². The van der Waals surface area contributed by atoms with Crippen LogP contribution in [-0.2, 0) is 6.42 Å². The summed E-state index contributed by atoms with van der Waals surface area (Å²) >= 11 is 1.61. The van der Waals surface area contributed by atoms with Crippen molar-refractivity contribution in [3.05, 3.63) is 28.3 Å². The average molecular weight is 263 g/mol. The van der Waals surface area contributed by atoms with Gasteiger partial charge in [-0.15, -0.1) is 10.2 Å². The van der Waals surface area contributed by atoms with Crippen molar-refractivity contribution in [2.75, 3.05) is 13.7 Å². The fourth-order valence-corrected chi connectivity index (χ4v) is 2.99. The van der Waals surface area contributed by atoms with Gasteiger partial charge in [0.15, 0.2) is 0 Å². The first-order valence-corrected chi connectivity index (χ1v) is 6.65. The molecular formula is C13H17N3OS. The van der Waals surface area contributed by atoms with Gasteiger partial charge in [0.25, 0.3) is 0 Å². The van der Waals surface area contributed by atoms with E-state index in [0.717, 1.165) is 38.9 Å². The van der Waals surface area contributed by atoms with Crippen LogP contribution in [0.25, 0.3) is 10.6 Å². The van der Waals surface area contributed by atoms with E-state index in [-0.39, 0.29) is 0 Å². The molecule has 0 bridgehead atoms. The summed E-state index contributed by atoms with van der Waals surface area (Å²) in [6.07, 6.45) is 0.784. The summed E-state index contributed by atoms with van der Waals surface area (Å²) in [6.45, 7) is 4.74. The number of aromatic nitrogens is 2. The van der Waals surface area contributed by atoms with Gasteiger partial charge in [0.2, 0.25) is 0 Å². The van der Waals surface area contributed by atoms with E-state index in [1.54, 1.807) is 18.4 Å². The van der Waals surface area contributed by atoms with Gasteiger partial charge in [-0.3, -0.25) is 0 Å². The Morgan fingerprint density at radius 3 is 2.44 bits per heavy atom. The van der Waals surface area contributed by atoms with E-state index in [2.05, 4.69) is 24.0 Å². The van der Waals surface area contributed by atoms with Gasteiger partial charge in [0, 0.05) is 12.0 Å². The summed E-state index contributed by atoms with van der Waals surface area (Å²) in [7, 11) is 1.68. The maximum absolute atomic E-state index is 5.53. The number of aryl methyl sites for hydroxylation is 2. The summed E-state index contributed by atoms with van der Waals surface area (Å²) in [4.78, 5) is 0. The van der Waals surface area contributed by atoms with Crippen LogP contribution in [0, 0.1) is 13.8 Å². The molecule has 0 unspecified atom stereocenters. The predicted molar refractivity (Wildman–Crippen MR) is 74.1 cm³/mol. The Kier molecular flexibility index (Phi) is 3.93. The molecule has 2 aromatic rings. The Hall–Kier alpha value is -1.46. The van der Waals surface area contributed by atoms with E-state index in [1.165, 1.54) is 0 Å². The molecule has 18 heavy (non-hydrogen) atoms. The van der Waals surface area contributed by atoms with Gasteiger partial charge in [0.05, 0.1) is 7.11 Å². The summed E-state index contributed by atoms with van der Waals surface area (Å²) < 4.78 is 5.26. The van der Waals surface area contributed by atoms with Crippen LogP contribution in [0.4, 0.5) is 0 Å². The van der Waals surface area contributed by atoms with Gasteiger partial charge in [-0.25, -0.2) is 0 Å². The second-order valence-electron chi connectivity index (χ2n) is 4.18. The van der Waals surface area contributed by atoms with E-state index in [0.29, 0.717) is 6.54 Å². The van der Waals surface area contributed by atoms with Gasteiger partial charge >= 0.3 is 0 Å². The van der Waals surface area contributed by atoms with Crippen LogP contribution in [0.1, 0.15) is 16.1 Å². The van der Waals surface area contributed by atoms with Crippen molar-refractivity contribution < 1.29 is 4.74 Å². The average Bonchev–Trinajstić information content (AvgIpc) is 2.77. The lowest BCUT2D eigenvalue weighted by molar-refractivity contribution is 0.414. The van der Waals surface area contributed by atoms with Crippen molar-refractivity contribution in [2.45, 2.75) is 20.3 Å². The zero-order chi connectivity index (χ0) is 13.1. The number of rotatable bonds is 4. The molecule has 0 aliphatic carbocycles. The molecule has 96 valence electrons. The van der Waals surface area contributed by atoms with Crippen LogP contribution in [0.2, 0.25) is 0 Å². The maximum Gasteiger partial charge on any atom is 0.148 e. The van der Waals surface area contributed by atoms with Gasteiger partial charge in [-0.2, -0.15) is 0 Å². The molecule has 0 saturated carbocycles. The van der Waals surface area contributed by atoms with Crippen LogP contribution in [-0.4, -0.2) is 23.9 Å². The molecule has 5 heteroatoms. The van der Waals surface area contributed by atoms with Crippen LogP contribution in [0.5, 0.6) is 5.75 Å². The molecular weight excluding hydrogens is 246 g/mol. The zero-order valence-electron chi connectivity index (χ0n) is 10.9. The molecule has 0 aliphatic rings. The van der Waals surface area contributed by atoms with Crippen LogP contribution in [0.3, 0.4) is 0 Å².